The van der Waals surface area contributed by atoms with Gasteiger partial charge in [0.25, 0.3) is 0 Å². The van der Waals surface area contributed by atoms with E-state index in [0.29, 0.717) is 18.9 Å². The number of nitrogens with one attached hydrogen (secondary N) is 1. The predicted octanol–water partition coefficient (Wildman–Crippen LogP) is 6.16. The average molecular weight is 480 g/mol. The second kappa shape index (κ2) is 9.43. The van der Waals surface area contributed by atoms with Crippen molar-refractivity contribution in [1.29, 1.82) is 0 Å². The van der Waals surface area contributed by atoms with Gasteiger partial charge < -0.3 is 5.32 Å². The first kappa shape index (κ1) is 21.7. The van der Waals surface area contributed by atoms with E-state index in [2.05, 4.69) is 26.8 Å². The van der Waals surface area contributed by atoms with Gasteiger partial charge in [0, 0.05) is 53.9 Å². The summed E-state index contributed by atoms with van der Waals surface area (Å²) >= 11 is 1.66. The number of rotatable bonds is 9. The minimum atomic E-state index is 0.236. The van der Waals surface area contributed by atoms with E-state index >= 15 is 0 Å². The molecule has 0 amide bonds. The molecule has 0 aliphatic heterocycles. The molecule has 2 aromatic carbocycles. The van der Waals surface area contributed by atoms with E-state index in [9.17, 15) is 4.79 Å². The zero-order valence-corrected chi connectivity index (χ0v) is 20.0. The molecule has 7 heteroatoms. The lowest BCUT2D eigenvalue weighted by Gasteiger charge is -2.11. The third-order valence-corrected chi connectivity index (χ3v) is 7.19. The lowest BCUT2D eigenvalue weighted by Crippen LogP contribution is -2.09. The molecule has 1 aliphatic carbocycles. The largest absolute Gasteiger partial charge is 0.367 e. The number of imidazole rings is 1. The van der Waals surface area contributed by atoms with Gasteiger partial charge in [0.1, 0.15) is 0 Å². The first-order valence-electron chi connectivity index (χ1n) is 11.9. The van der Waals surface area contributed by atoms with Crippen molar-refractivity contribution in [2.24, 2.45) is 5.92 Å². The Bertz CT molecular complexity index is 1460. The van der Waals surface area contributed by atoms with Crippen LogP contribution in [0.2, 0.25) is 0 Å². The van der Waals surface area contributed by atoms with Crippen LogP contribution in [0.15, 0.2) is 78.6 Å². The van der Waals surface area contributed by atoms with Gasteiger partial charge in [-0.2, -0.15) is 0 Å². The number of benzene rings is 2. The van der Waals surface area contributed by atoms with Gasteiger partial charge in [-0.3, -0.25) is 9.20 Å². The van der Waals surface area contributed by atoms with Gasteiger partial charge in [-0.15, -0.1) is 11.3 Å². The Labute approximate surface area is 207 Å². The van der Waals surface area contributed by atoms with Gasteiger partial charge in [-0.05, 0) is 18.8 Å². The monoisotopic (exact) mass is 479 g/mol. The highest BCUT2D eigenvalue weighted by molar-refractivity contribution is 7.09. The molecule has 0 radical (unpaired) electrons. The molecule has 35 heavy (non-hydrogen) atoms. The second-order valence-corrected chi connectivity index (χ2v) is 9.91. The smallest absolute Gasteiger partial charge is 0.180 e. The Hall–Kier alpha value is -3.84. The van der Waals surface area contributed by atoms with Crippen LogP contribution in [-0.4, -0.2) is 31.7 Å². The molecule has 174 valence electrons. The van der Waals surface area contributed by atoms with Crippen molar-refractivity contribution in [2.45, 2.75) is 25.7 Å². The minimum absolute atomic E-state index is 0.236. The quantitative estimate of drug-likeness (QED) is 0.257. The maximum atomic E-state index is 12.5. The maximum absolute atomic E-state index is 12.5. The molecule has 1 aliphatic rings. The van der Waals surface area contributed by atoms with Crippen LogP contribution in [0.25, 0.3) is 28.2 Å². The number of carbonyl (C=O) groups is 1. The molecule has 3 aromatic heterocycles. The van der Waals surface area contributed by atoms with E-state index in [1.807, 2.05) is 66.4 Å². The van der Waals surface area contributed by atoms with E-state index < -0.39 is 0 Å². The van der Waals surface area contributed by atoms with E-state index in [0.717, 1.165) is 51.0 Å². The highest BCUT2D eigenvalue weighted by Gasteiger charge is 2.25. The van der Waals surface area contributed by atoms with Crippen LogP contribution in [-0.2, 0) is 6.42 Å². The number of carbonyl (C=O) groups excluding carboxylic acids is 1. The summed E-state index contributed by atoms with van der Waals surface area (Å²) in [6, 6.07) is 18.1. The molecular weight excluding hydrogens is 454 g/mol. The van der Waals surface area contributed by atoms with Gasteiger partial charge >= 0.3 is 0 Å². The van der Waals surface area contributed by atoms with Crippen molar-refractivity contribution in [3.05, 3.63) is 89.1 Å². The van der Waals surface area contributed by atoms with Crippen molar-refractivity contribution >= 4 is 28.6 Å². The van der Waals surface area contributed by atoms with Gasteiger partial charge in [-0.25, -0.2) is 15.0 Å². The van der Waals surface area contributed by atoms with E-state index in [-0.39, 0.29) is 5.78 Å². The summed E-state index contributed by atoms with van der Waals surface area (Å²) in [5, 5.41) is 6.56. The van der Waals surface area contributed by atoms with Crippen LogP contribution >= 0.6 is 11.3 Å². The molecule has 5 aromatic rings. The minimum Gasteiger partial charge on any atom is -0.367 e. The van der Waals surface area contributed by atoms with Gasteiger partial charge in [0.05, 0.1) is 22.6 Å². The molecule has 6 rings (SSSR count). The van der Waals surface area contributed by atoms with Crippen LogP contribution in [0.3, 0.4) is 0 Å². The normalized spacial score (nSPS) is 13.3. The van der Waals surface area contributed by atoms with Gasteiger partial charge in [0.15, 0.2) is 17.2 Å². The third kappa shape index (κ3) is 4.72. The Morgan fingerprint density at radius 3 is 2.60 bits per heavy atom. The van der Waals surface area contributed by atoms with Crippen LogP contribution < -0.4 is 5.32 Å². The first-order chi connectivity index (χ1) is 17.2. The molecule has 1 fully saturated rings. The lowest BCUT2D eigenvalue weighted by molar-refractivity contribution is 0.0976. The number of ketones is 1. The summed E-state index contributed by atoms with van der Waals surface area (Å²) in [5.74, 6) is 1.57. The van der Waals surface area contributed by atoms with Crippen molar-refractivity contribution in [3.63, 3.8) is 0 Å². The standard InChI is InChI=1S/C28H25N5OS/c34-25(16-19-6-7-19)22-10-8-21(9-11-22)24-17-31-28-27(30-13-12-26-29-14-15-35-26)32-23(18-33(24)28)20-4-2-1-3-5-20/h1-5,8-11,14-15,17-19H,6-7,12-13,16H2,(H,30,32). The van der Waals surface area contributed by atoms with Gasteiger partial charge in [-0.1, -0.05) is 54.6 Å². The average Bonchev–Trinajstić information content (AvgIpc) is 3.37. The number of hydrogen-bond acceptors (Lipinski definition) is 6. The molecule has 6 nitrogen and oxygen atoms in total. The SMILES string of the molecule is O=C(CC1CC1)c1ccc(-c2cnc3c(NCCc4nccs4)nc(-c4ccccc4)cn23)cc1. The third-order valence-electron chi connectivity index (χ3n) is 6.35. The number of fused-ring (bicyclic) bond motifs is 1. The lowest BCUT2D eigenvalue weighted by atomic mass is 10.0. The van der Waals surface area contributed by atoms with E-state index in [1.165, 1.54) is 12.8 Å². The molecule has 0 atom stereocenters. The molecule has 1 saturated carbocycles. The first-order valence-corrected chi connectivity index (χ1v) is 12.8. The maximum Gasteiger partial charge on any atom is 0.180 e. The van der Waals surface area contributed by atoms with Crippen LogP contribution in [0.1, 0.15) is 34.6 Å². The van der Waals surface area contributed by atoms with Crippen molar-refractivity contribution in [3.8, 4) is 22.5 Å². The van der Waals surface area contributed by atoms with E-state index in [1.54, 1.807) is 11.3 Å². The zero-order valence-electron chi connectivity index (χ0n) is 19.2. The Morgan fingerprint density at radius 2 is 1.86 bits per heavy atom. The Morgan fingerprint density at radius 1 is 1.03 bits per heavy atom. The number of nitrogens with zero attached hydrogens (tertiary/aromatic N) is 4. The molecule has 0 bridgehead atoms. The molecular formula is C28H25N5OS. The highest BCUT2D eigenvalue weighted by Crippen LogP contribution is 2.34. The zero-order chi connectivity index (χ0) is 23.6. The molecule has 1 N–H and O–H groups in total. The van der Waals surface area contributed by atoms with Crippen molar-refractivity contribution in [1.82, 2.24) is 19.4 Å². The van der Waals surface area contributed by atoms with Crippen LogP contribution in [0.5, 0.6) is 0 Å². The number of Topliss-reactive ketones (excluding diaryl/α,β-unsaturated/α-hetero) is 1. The van der Waals surface area contributed by atoms with Crippen molar-refractivity contribution < 1.29 is 4.79 Å². The second-order valence-electron chi connectivity index (χ2n) is 8.93. The summed E-state index contributed by atoms with van der Waals surface area (Å²) in [5.41, 5.74) is 5.44. The fourth-order valence-electron chi connectivity index (χ4n) is 4.26. The Kier molecular flexibility index (Phi) is 5.84. The molecule has 3 heterocycles. The molecule has 0 unspecified atom stereocenters. The number of thiazole rings is 1. The fraction of sp³-hybridized carbons (Fsp3) is 0.214. The Balaban J connectivity index is 1.34. The van der Waals surface area contributed by atoms with Crippen LogP contribution in [0, 0.1) is 5.92 Å². The van der Waals surface area contributed by atoms with Crippen LogP contribution in [0.4, 0.5) is 5.82 Å². The topological polar surface area (TPSA) is 72.2 Å². The molecule has 0 spiro atoms. The fourth-order valence-corrected chi connectivity index (χ4v) is 4.88. The summed E-state index contributed by atoms with van der Waals surface area (Å²) in [6.07, 6.45) is 9.59. The number of anilines is 1. The molecule has 0 saturated heterocycles. The highest BCUT2D eigenvalue weighted by atomic mass is 32.1. The summed E-state index contributed by atoms with van der Waals surface area (Å²) in [7, 11) is 0. The number of aromatic nitrogens is 4. The van der Waals surface area contributed by atoms with Crippen molar-refractivity contribution in [2.75, 3.05) is 11.9 Å². The summed E-state index contributed by atoms with van der Waals surface area (Å²) in [4.78, 5) is 26.5. The summed E-state index contributed by atoms with van der Waals surface area (Å²) in [6.45, 7) is 0.717. The predicted molar refractivity (Wildman–Crippen MR) is 140 cm³/mol. The number of hydrogen-bond donors (Lipinski definition) is 1. The van der Waals surface area contributed by atoms with Gasteiger partial charge in [0.2, 0.25) is 0 Å². The summed E-state index contributed by atoms with van der Waals surface area (Å²) < 4.78 is 2.09. The van der Waals surface area contributed by atoms with E-state index in [4.69, 9.17) is 9.97 Å².